The Morgan fingerprint density at radius 3 is 2.15 bits per heavy atom. The first kappa shape index (κ1) is 41.5. The summed E-state index contributed by atoms with van der Waals surface area (Å²) in [7, 11) is 0. The normalized spacial score (nSPS) is 12.2. The van der Waals surface area contributed by atoms with Gasteiger partial charge in [0.05, 0.1) is 26.3 Å². The Morgan fingerprint density at radius 1 is 0.805 bits per heavy atom. The fraction of sp³-hybridized carbons (Fsp3) is 0.810. The quantitative estimate of drug-likeness (QED) is 0.0168. The Labute approximate surface area is 275 Å². The molecular weight excluding hydrogens is 693 g/mol. The summed E-state index contributed by atoms with van der Waals surface area (Å²) >= 11 is 10.3. The molecule has 0 rings (SSSR count). The lowest BCUT2D eigenvalue weighted by Crippen LogP contribution is -2.27. The molecule has 12 nitrogen and oxygen atoms in total. The summed E-state index contributed by atoms with van der Waals surface area (Å²) in [5, 5.41) is 26.2. The van der Waals surface area contributed by atoms with Crippen molar-refractivity contribution in [3.63, 3.8) is 0 Å². The number of carbonyl (C=O) groups excluding carboxylic acids is 2. The molecule has 0 radical (unpaired) electrons. The molecule has 1 atom stereocenters. The molecule has 0 aliphatic carbocycles. The van der Waals surface area contributed by atoms with E-state index in [9.17, 15) is 14.1 Å². The lowest BCUT2D eigenvalue weighted by Gasteiger charge is -2.06. The highest BCUT2D eigenvalue weighted by Gasteiger charge is 2.05. The van der Waals surface area contributed by atoms with Crippen LogP contribution in [0.5, 0.6) is 0 Å². The van der Waals surface area contributed by atoms with E-state index in [4.69, 9.17) is 10.2 Å². The minimum Gasteiger partial charge on any atom is -0.610 e. The van der Waals surface area contributed by atoms with E-state index in [-0.39, 0.29) is 31.7 Å². The van der Waals surface area contributed by atoms with E-state index >= 15 is 0 Å². The van der Waals surface area contributed by atoms with Crippen molar-refractivity contribution in [1.82, 2.24) is 10.6 Å². The van der Waals surface area contributed by atoms with Crippen LogP contribution in [0.1, 0.15) is 0 Å². The summed E-state index contributed by atoms with van der Waals surface area (Å²) in [6.07, 6.45) is 0.709. The first-order chi connectivity index (χ1) is 20.1. The number of nitrogens with one attached hydrogen (secondary N) is 2. The molecule has 0 saturated heterocycles. The maximum Gasteiger partial charge on any atom is 0.407 e. The summed E-state index contributed by atoms with van der Waals surface area (Å²) in [6, 6.07) is 0. The Hall–Kier alpha value is 0.520. The molecule has 0 fully saturated rings. The molecular formula is C21H40N4O8S8. The number of ether oxygens (including phenoxy) is 1. The fourth-order valence-corrected chi connectivity index (χ4v) is 10.1. The highest BCUT2D eigenvalue weighted by atomic mass is 32.3. The monoisotopic (exact) mass is 732 g/mol. The van der Waals surface area contributed by atoms with Gasteiger partial charge in [-0.05, 0) is 0 Å². The molecule has 240 valence electrons. The van der Waals surface area contributed by atoms with Gasteiger partial charge < -0.3 is 35.0 Å². The minimum atomic E-state index is -1.10. The van der Waals surface area contributed by atoms with Gasteiger partial charge in [-0.3, -0.25) is 9.79 Å². The fourth-order valence-electron chi connectivity index (χ4n) is 1.95. The van der Waals surface area contributed by atoms with E-state index in [0.717, 1.165) is 38.3 Å². The van der Waals surface area contributed by atoms with Gasteiger partial charge >= 0.3 is 6.09 Å². The van der Waals surface area contributed by atoms with Crippen molar-refractivity contribution in [3.05, 3.63) is 0 Å². The predicted molar refractivity (Wildman–Crippen MR) is 186 cm³/mol. The van der Waals surface area contributed by atoms with E-state index in [1.54, 1.807) is 70.6 Å². The number of aliphatic hydroxyl groups is 2. The van der Waals surface area contributed by atoms with Crippen molar-refractivity contribution in [3.8, 4) is 0 Å². The minimum absolute atomic E-state index is 0.000500. The van der Waals surface area contributed by atoms with Gasteiger partial charge in [0.2, 0.25) is 11.9 Å². The van der Waals surface area contributed by atoms with Crippen LogP contribution in [-0.2, 0) is 25.7 Å². The van der Waals surface area contributed by atoms with Gasteiger partial charge in [0, 0.05) is 67.6 Å². The smallest absolute Gasteiger partial charge is 0.407 e. The van der Waals surface area contributed by atoms with E-state index < -0.39 is 17.3 Å². The maximum absolute atomic E-state index is 12.0. The zero-order valence-corrected chi connectivity index (χ0v) is 29.2. The molecule has 0 saturated carbocycles. The van der Waals surface area contributed by atoms with Crippen LogP contribution in [0.3, 0.4) is 0 Å². The van der Waals surface area contributed by atoms with Crippen molar-refractivity contribution in [1.29, 1.82) is 0 Å². The molecule has 0 aromatic carbocycles. The maximum atomic E-state index is 12.0. The summed E-state index contributed by atoms with van der Waals surface area (Å²) in [5.74, 6) is 3.31. The van der Waals surface area contributed by atoms with Crippen molar-refractivity contribution >= 4 is 117 Å². The van der Waals surface area contributed by atoms with Crippen LogP contribution in [-0.4, -0.2) is 139 Å². The number of aliphatic hydroxyl groups excluding tert-OH is 2. The number of aliphatic imine (C=N–C) groups is 2. The molecule has 2 amide bonds. The zero-order chi connectivity index (χ0) is 30.1. The second-order valence-electron chi connectivity index (χ2n) is 6.82. The Bertz CT molecular complexity index is 677. The SMILES string of the molecule is O=C(NCCSCSCC/N=C/[S+]([O-])CSCSCSC(=O)NCCSCSCC/N=C/OOCCO)OCCO. The summed E-state index contributed by atoms with van der Waals surface area (Å²) < 4.78 is 16.7. The molecule has 0 aliphatic heterocycles. The third-order valence-corrected chi connectivity index (χ3v) is 13.1. The Morgan fingerprint density at radius 2 is 1.44 bits per heavy atom. The zero-order valence-electron chi connectivity index (χ0n) is 22.7. The van der Waals surface area contributed by atoms with Crippen molar-refractivity contribution in [2.24, 2.45) is 9.98 Å². The summed E-state index contributed by atoms with van der Waals surface area (Å²) in [6.45, 7) is 2.21. The molecule has 0 aliphatic rings. The van der Waals surface area contributed by atoms with Crippen LogP contribution in [0.25, 0.3) is 0 Å². The Balaban J connectivity index is 3.39. The molecule has 0 heterocycles. The lowest BCUT2D eigenvalue weighted by atomic mass is 10.7. The van der Waals surface area contributed by atoms with E-state index in [1.807, 2.05) is 0 Å². The molecule has 0 bridgehead atoms. The number of carbonyl (C=O) groups is 2. The van der Waals surface area contributed by atoms with Crippen molar-refractivity contribution in [2.45, 2.75) is 0 Å². The van der Waals surface area contributed by atoms with Gasteiger partial charge in [-0.15, -0.1) is 58.8 Å². The molecule has 0 aromatic rings. The first-order valence-electron chi connectivity index (χ1n) is 12.2. The molecule has 41 heavy (non-hydrogen) atoms. The number of alkyl carbamates (subject to hydrolysis) is 1. The Kier molecular flexibility index (Phi) is 35.4. The van der Waals surface area contributed by atoms with Gasteiger partial charge in [0.1, 0.15) is 13.2 Å². The third-order valence-electron chi connectivity index (χ3n) is 3.61. The second-order valence-corrected chi connectivity index (χ2v) is 17.2. The van der Waals surface area contributed by atoms with Crippen LogP contribution in [0.2, 0.25) is 0 Å². The van der Waals surface area contributed by atoms with Crippen LogP contribution >= 0.6 is 82.3 Å². The second kappa shape index (κ2) is 35.0. The largest absolute Gasteiger partial charge is 0.610 e. The molecule has 20 heteroatoms. The lowest BCUT2D eigenvalue weighted by molar-refractivity contribution is -0.221. The number of hydrogen-bond donors (Lipinski definition) is 4. The van der Waals surface area contributed by atoms with Crippen molar-refractivity contribution in [2.75, 3.05) is 101 Å². The van der Waals surface area contributed by atoms with Crippen LogP contribution in [0, 0.1) is 0 Å². The van der Waals surface area contributed by atoms with E-state index in [2.05, 4.69) is 35.1 Å². The summed E-state index contributed by atoms with van der Waals surface area (Å²) in [4.78, 5) is 40.5. The van der Waals surface area contributed by atoms with Crippen LogP contribution in [0.4, 0.5) is 9.59 Å². The number of nitrogens with zero attached hydrogens (tertiary/aromatic N) is 2. The van der Waals surface area contributed by atoms with E-state index in [0.29, 0.717) is 36.3 Å². The average molecular weight is 733 g/mol. The third kappa shape index (κ3) is 34.9. The van der Waals surface area contributed by atoms with Gasteiger partial charge in [-0.2, -0.15) is 4.89 Å². The van der Waals surface area contributed by atoms with Crippen LogP contribution in [0.15, 0.2) is 9.98 Å². The predicted octanol–water partition coefficient (Wildman–Crippen LogP) is 3.08. The number of hydrogen-bond acceptors (Lipinski definition) is 17. The molecule has 4 N–H and O–H groups in total. The van der Waals surface area contributed by atoms with Crippen molar-refractivity contribution < 1.29 is 38.9 Å². The number of thioether (sulfide) groups is 7. The van der Waals surface area contributed by atoms with Gasteiger partial charge in [-0.25, -0.2) is 9.79 Å². The number of rotatable bonds is 29. The highest BCUT2D eigenvalue weighted by Crippen LogP contribution is 2.19. The molecule has 0 aromatic heterocycles. The summed E-state index contributed by atoms with van der Waals surface area (Å²) in [5.41, 5.74) is 1.51. The van der Waals surface area contributed by atoms with Gasteiger partial charge in [-0.1, -0.05) is 23.5 Å². The topological polar surface area (TPSA) is 174 Å². The van der Waals surface area contributed by atoms with Gasteiger partial charge in [0.15, 0.2) is 5.08 Å². The molecule has 1 unspecified atom stereocenters. The average Bonchev–Trinajstić information content (AvgIpc) is 2.97. The van der Waals surface area contributed by atoms with Crippen LogP contribution < -0.4 is 10.6 Å². The molecule has 0 spiro atoms. The standard InChI is InChI=1S/C21H40N4O8S8/c26-5-7-31-20(28)24-3-11-36-16-35-10-2-23-14-41(30)19-39-17-38-18-40-21(29)25-4-12-37-15-34-9-1-22-13-33-32-8-6-27/h13-14,26-27H,1-12,15-19H2,(H,24,28)(H,25,29)/b22-13+,23-14+. The number of amides is 2. The first-order valence-corrected chi connectivity index (χ1v) is 21.5. The highest BCUT2D eigenvalue weighted by molar-refractivity contribution is 8.29. The van der Waals surface area contributed by atoms with Gasteiger partial charge in [0.25, 0.3) is 5.24 Å². The van der Waals surface area contributed by atoms with E-state index in [1.165, 1.54) is 23.7 Å².